The van der Waals surface area contributed by atoms with Crippen LogP contribution < -0.4 is 10.6 Å². The Morgan fingerprint density at radius 2 is 1.89 bits per heavy atom. The Morgan fingerprint density at radius 3 is 2.48 bits per heavy atom. The number of hydrogen-bond acceptors (Lipinski definition) is 4. The molecule has 1 fully saturated rings. The maximum atomic E-state index is 12.4. The SMILES string of the molecule is CCCc1c(C(=O)NC2CC2)nnn1-c1ccc(C(=O)NC(C)CC)cc1. The summed E-state index contributed by atoms with van der Waals surface area (Å²) < 4.78 is 1.70. The lowest BCUT2D eigenvalue weighted by atomic mass is 10.1. The minimum absolute atomic E-state index is 0.0900. The number of carbonyl (C=O) groups is 2. The molecule has 0 spiro atoms. The highest BCUT2D eigenvalue weighted by Gasteiger charge is 2.27. The van der Waals surface area contributed by atoms with Crippen molar-refractivity contribution in [3.8, 4) is 5.69 Å². The first-order valence-corrected chi connectivity index (χ1v) is 9.70. The largest absolute Gasteiger partial charge is 0.350 e. The third-order valence-corrected chi connectivity index (χ3v) is 4.74. The summed E-state index contributed by atoms with van der Waals surface area (Å²) in [7, 11) is 0. The summed E-state index contributed by atoms with van der Waals surface area (Å²) in [5.74, 6) is -0.246. The number of hydrogen-bond donors (Lipinski definition) is 2. The van der Waals surface area contributed by atoms with Gasteiger partial charge in [0.2, 0.25) is 0 Å². The zero-order valence-corrected chi connectivity index (χ0v) is 16.2. The fourth-order valence-electron chi connectivity index (χ4n) is 2.79. The van der Waals surface area contributed by atoms with E-state index in [0.29, 0.717) is 17.7 Å². The first-order valence-electron chi connectivity index (χ1n) is 9.70. The first-order chi connectivity index (χ1) is 13.0. The number of benzene rings is 1. The molecule has 0 bridgehead atoms. The molecule has 0 radical (unpaired) electrons. The van der Waals surface area contributed by atoms with Gasteiger partial charge in [0.05, 0.1) is 11.4 Å². The second-order valence-electron chi connectivity index (χ2n) is 7.12. The van der Waals surface area contributed by atoms with Crippen molar-refractivity contribution in [1.29, 1.82) is 0 Å². The lowest BCUT2D eigenvalue weighted by Gasteiger charge is -2.12. The summed E-state index contributed by atoms with van der Waals surface area (Å²) >= 11 is 0. The van der Waals surface area contributed by atoms with Crippen LogP contribution in [0.5, 0.6) is 0 Å². The molecule has 1 aromatic heterocycles. The number of nitrogens with zero attached hydrogens (tertiary/aromatic N) is 3. The summed E-state index contributed by atoms with van der Waals surface area (Å²) in [6.07, 6.45) is 4.53. The summed E-state index contributed by atoms with van der Waals surface area (Å²) in [5.41, 5.74) is 2.58. The molecule has 144 valence electrons. The topological polar surface area (TPSA) is 88.9 Å². The quantitative estimate of drug-likeness (QED) is 0.749. The highest BCUT2D eigenvalue weighted by atomic mass is 16.2. The minimum Gasteiger partial charge on any atom is -0.350 e. The minimum atomic E-state index is -0.156. The molecule has 3 rings (SSSR count). The van der Waals surface area contributed by atoms with Crippen molar-refractivity contribution in [3.63, 3.8) is 0 Å². The fourth-order valence-corrected chi connectivity index (χ4v) is 2.79. The predicted octanol–water partition coefficient (Wildman–Crippen LogP) is 2.64. The first kappa shape index (κ1) is 19.1. The van der Waals surface area contributed by atoms with Gasteiger partial charge in [0.15, 0.2) is 5.69 Å². The van der Waals surface area contributed by atoms with Crippen LogP contribution in [0, 0.1) is 0 Å². The van der Waals surface area contributed by atoms with E-state index in [-0.39, 0.29) is 23.9 Å². The molecule has 2 amide bonds. The zero-order valence-electron chi connectivity index (χ0n) is 16.2. The van der Waals surface area contributed by atoms with Crippen molar-refractivity contribution in [2.75, 3.05) is 0 Å². The average Bonchev–Trinajstić information content (AvgIpc) is 3.38. The van der Waals surface area contributed by atoms with Gasteiger partial charge in [-0.15, -0.1) is 5.10 Å². The third kappa shape index (κ3) is 4.53. The van der Waals surface area contributed by atoms with Crippen LogP contribution in [-0.2, 0) is 6.42 Å². The highest BCUT2D eigenvalue weighted by Crippen LogP contribution is 2.21. The van der Waals surface area contributed by atoms with E-state index in [0.717, 1.165) is 37.1 Å². The lowest BCUT2D eigenvalue weighted by molar-refractivity contribution is 0.0933. The normalized spacial score (nSPS) is 14.6. The van der Waals surface area contributed by atoms with Crippen molar-refractivity contribution >= 4 is 11.8 Å². The molecule has 0 aliphatic heterocycles. The third-order valence-electron chi connectivity index (χ3n) is 4.74. The van der Waals surface area contributed by atoms with E-state index in [4.69, 9.17) is 0 Å². The van der Waals surface area contributed by atoms with E-state index >= 15 is 0 Å². The van der Waals surface area contributed by atoms with Crippen molar-refractivity contribution in [1.82, 2.24) is 25.6 Å². The van der Waals surface area contributed by atoms with E-state index in [1.807, 2.05) is 26.0 Å². The van der Waals surface area contributed by atoms with Crippen LogP contribution in [0.15, 0.2) is 24.3 Å². The fraction of sp³-hybridized carbons (Fsp3) is 0.500. The van der Waals surface area contributed by atoms with E-state index in [1.165, 1.54) is 0 Å². The predicted molar refractivity (Wildman–Crippen MR) is 103 cm³/mol. The Morgan fingerprint density at radius 1 is 1.19 bits per heavy atom. The Hall–Kier alpha value is -2.70. The summed E-state index contributed by atoms with van der Waals surface area (Å²) in [6.45, 7) is 6.07. The van der Waals surface area contributed by atoms with Gasteiger partial charge < -0.3 is 10.6 Å². The number of aromatic nitrogens is 3. The standard InChI is InChI=1S/C20H27N5O2/c1-4-6-17-18(20(27)22-15-9-10-15)23-24-25(17)16-11-7-14(8-12-16)19(26)21-13(3)5-2/h7-8,11-13,15H,4-6,9-10H2,1-3H3,(H,21,26)(H,22,27). The lowest BCUT2D eigenvalue weighted by Crippen LogP contribution is -2.31. The van der Waals surface area contributed by atoms with Crippen LogP contribution in [0.3, 0.4) is 0 Å². The summed E-state index contributed by atoms with van der Waals surface area (Å²) in [5, 5.41) is 14.2. The van der Waals surface area contributed by atoms with Gasteiger partial charge >= 0.3 is 0 Å². The van der Waals surface area contributed by atoms with Crippen molar-refractivity contribution in [3.05, 3.63) is 41.2 Å². The highest BCUT2D eigenvalue weighted by molar-refractivity contribution is 5.95. The van der Waals surface area contributed by atoms with Gasteiger partial charge in [-0.1, -0.05) is 25.5 Å². The van der Waals surface area contributed by atoms with Gasteiger partial charge in [-0.25, -0.2) is 4.68 Å². The monoisotopic (exact) mass is 369 g/mol. The molecule has 1 aromatic carbocycles. The maximum Gasteiger partial charge on any atom is 0.273 e. The van der Waals surface area contributed by atoms with Gasteiger partial charge in [-0.05, 0) is 56.9 Å². The van der Waals surface area contributed by atoms with Gasteiger partial charge in [0, 0.05) is 17.6 Å². The van der Waals surface area contributed by atoms with E-state index in [9.17, 15) is 9.59 Å². The van der Waals surface area contributed by atoms with Gasteiger partial charge in [-0.2, -0.15) is 0 Å². The number of nitrogens with one attached hydrogen (secondary N) is 2. The van der Waals surface area contributed by atoms with Crippen molar-refractivity contribution < 1.29 is 9.59 Å². The molecule has 27 heavy (non-hydrogen) atoms. The van der Waals surface area contributed by atoms with Crippen LogP contribution in [0.25, 0.3) is 5.69 Å². The summed E-state index contributed by atoms with van der Waals surface area (Å²) in [4.78, 5) is 24.7. The Bertz CT molecular complexity index is 808. The zero-order chi connectivity index (χ0) is 19.4. The van der Waals surface area contributed by atoms with Crippen LogP contribution in [0.4, 0.5) is 0 Å². The number of carbonyl (C=O) groups excluding carboxylic acids is 2. The summed E-state index contributed by atoms with van der Waals surface area (Å²) in [6, 6.07) is 7.63. The second kappa shape index (κ2) is 8.33. The average molecular weight is 369 g/mol. The van der Waals surface area contributed by atoms with E-state index < -0.39 is 0 Å². The van der Waals surface area contributed by atoms with Gasteiger partial charge in [0.1, 0.15) is 0 Å². The van der Waals surface area contributed by atoms with E-state index in [1.54, 1.807) is 16.8 Å². The van der Waals surface area contributed by atoms with Crippen LogP contribution in [0.1, 0.15) is 73.0 Å². The van der Waals surface area contributed by atoms with Crippen molar-refractivity contribution in [2.24, 2.45) is 0 Å². The van der Waals surface area contributed by atoms with Crippen molar-refractivity contribution in [2.45, 2.75) is 65.0 Å². The Labute approximate surface area is 159 Å². The molecule has 7 nitrogen and oxygen atoms in total. The maximum absolute atomic E-state index is 12.4. The molecular formula is C20H27N5O2. The Kier molecular flexibility index (Phi) is 5.88. The molecule has 2 aromatic rings. The van der Waals surface area contributed by atoms with Crippen LogP contribution in [-0.4, -0.2) is 38.9 Å². The number of rotatable bonds is 8. The second-order valence-corrected chi connectivity index (χ2v) is 7.12. The molecule has 1 heterocycles. The molecule has 1 saturated carbocycles. The smallest absolute Gasteiger partial charge is 0.273 e. The number of amides is 2. The van der Waals surface area contributed by atoms with E-state index in [2.05, 4.69) is 27.9 Å². The van der Waals surface area contributed by atoms with Crippen LogP contribution >= 0.6 is 0 Å². The molecule has 1 unspecified atom stereocenters. The Balaban J connectivity index is 1.81. The van der Waals surface area contributed by atoms with Gasteiger partial charge in [0.25, 0.3) is 11.8 Å². The molecule has 1 atom stereocenters. The molecule has 1 aliphatic rings. The molecule has 7 heteroatoms. The molecular weight excluding hydrogens is 342 g/mol. The molecule has 2 N–H and O–H groups in total. The van der Waals surface area contributed by atoms with Crippen LogP contribution in [0.2, 0.25) is 0 Å². The molecule has 1 aliphatic carbocycles. The molecule has 0 saturated heterocycles. The van der Waals surface area contributed by atoms with Gasteiger partial charge in [-0.3, -0.25) is 9.59 Å².